The van der Waals surface area contributed by atoms with E-state index in [2.05, 4.69) is 24.3 Å². The molecule has 1 aliphatic heterocycles. The first-order chi connectivity index (χ1) is 11.3. The third kappa shape index (κ3) is 2.69. The van der Waals surface area contributed by atoms with E-state index >= 15 is 0 Å². The van der Waals surface area contributed by atoms with Gasteiger partial charge in [-0.3, -0.25) is 9.48 Å². The summed E-state index contributed by atoms with van der Waals surface area (Å²) >= 11 is 0. The lowest BCUT2D eigenvalue weighted by molar-refractivity contribution is 0.0355. The molecular formula is C18H24N4O2. The van der Waals surface area contributed by atoms with Gasteiger partial charge in [0, 0.05) is 18.7 Å². The number of nitrogens with zero attached hydrogens (tertiary/aromatic N) is 3. The summed E-state index contributed by atoms with van der Waals surface area (Å²) in [5.74, 6) is 0.441. The lowest BCUT2D eigenvalue weighted by atomic mass is 10.0. The van der Waals surface area contributed by atoms with E-state index in [4.69, 9.17) is 9.72 Å². The van der Waals surface area contributed by atoms with Crippen LogP contribution in [0, 0.1) is 6.92 Å². The van der Waals surface area contributed by atoms with Gasteiger partial charge in [-0.05, 0) is 46.1 Å². The van der Waals surface area contributed by atoms with Crippen molar-refractivity contribution in [2.75, 3.05) is 6.61 Å². The van der Waals surface area contributed by atoms with Crippen LogP contribution in [0.3, 0.4) is 0 Å². The van der Waals surface area contributed by atoms with Crippen molar-refractivity contribution < 1.29 is 9.53 Å². The smallest absolute Gasteiger partial charge is 0.252 e. The lowest BCUT2D eigenvalue weighted by Crippen LogP contribution is -2.36. The standard InChI is InChI=1S/C18H24N4O2/c1-10-15-13(17(23)19-12-8-18(2,3)24-9-12)7-14(11-5-6-11)20-16(15)22(4)21-10/h7,11-12H,5-6,8-9H2,1-4H3,(H,19,23). The third-order valence-corrected chi connectivity index (χ3v) is 4.98. The van der Waals surface area contributed by atoms with Gasteiger partial charge < -0.3 is 10.1 Å². The van der Waals surface area contributed by atoms with Gasteiger partial charge in [0.1, 0.15) is 0 Å². The van der Waals surface area contributed by atoms with Gasteiger partial charge in [-0.2, -0.15) is 5.10 Å². The molecular weight excluding hydrogens is 304 g/mol. The van der Waals surface area contributed by atoms with Crippen LogP contribution in [0.1, 0.15) is 60.8 Å². The number of aryl methyl sites for hydroxylation is 2. The fraction of sp³-hybridized carbons (Fsp3) is 0.611. The highest BCUT2D eigenvalue weighted by Gasteiger charge is 2.34. The molecule has 2 aromatic heterocycles. The number of hydrogen-bond acceptors (Lipinski definition) is 4. The summed E-state index contributed by atoms with van der Waals surface area (Å²) in [5.41, 5.74) is 3.17. The van der Waals surface area contributed by atoms with Crippen molar-refractivity contribution in [1.82, 2.24) is 20.1 Å². The number of fused-ring (bicyclic) bond motifs is 1. The Labute approximate surface area is 141 Å². The molecule has 1 N–H and O–H groups in total. The first-order valence-electron chi connectivity index (χ1n) is 8.63. The largest absolute Gasteiger partial charge is 0.373 e. The number of hydrogen-bond donors (Lipinski definition) is 1. The van der Waals surface area contributed by atoms with Crippen molar-refractivity contribution >= 4 is 16.9 Å². The molecule has 1 saturated heterocycles. The van der Waals surface area contributed by atoms with Crippen LogP contribution in [0.2, 0.25) is 0 Å². The van der Waals surface area contributed by atoms with Crippen LogP contribution in [-0.2, 0) is 11.8 Å². The number of amides is 1. The minimum absolute atomic E-state index is 0.0494. The Morgan fingerprint density at radius 3 is 2.79 bits per heavy atom. The Hall–Kier alpha value is -1.95. The van der Waals surface area contributed by atoms with Crippen molar-refractivity contribution in [3.8, 4) is 0 Å². The summed E-state index contributed by atoms with van der Waals surface area (Å²) in [5, 5.41) is 8.45. The Morgan fingerprint density at radius 2 is 2.17 bits per heavy atom. The number of nitrogens with one attached hydrogen (secondary N) is 1. The maximum Gasteiger partial charge on any atom is 0.252 e. The molecule has 24 heavy (non-hydrogen) atoms. The third-order valence-electron chi connectivity index (χ3n) is 4.98. The van der Waals surface area contributed by atoms with E-state index in [0.717, 1.165) is 41.7 Å². The van der Waals surface area contributed by atoms with Crippen molar-refractivity contribution in [1.29, 1.82) is 0 Å². The number of carbonyl (C=O) groups excluding carboxylic acids is 1. The molecule has 3 heterocycles. The maximum absolute atomic E-state index is 13.0. The summed E-state index contributed by atoms with van der Waals surface area (Å²) in [7, 11) is 1.88. The Kier molecular flexibility index (Phi) is 3.42. The molecule has 6 nitrogen and oxygen atoms in total. The monoisotopic (exact) mass is 328 g/mol. The fourth-order valence-electron chi connectivity index (χ4n) is 3.62. The quantitative estimate of drug-likeness (QED) is 0.939. The SMILES string of the molecule is Cc1nn(C)c2nc(C3CC3)cc(C(=O)NC3COC(C)(C)C3)c12. The Bertz CT molecular complexity index is 820. The number of carbonyl (C=O) groups is 1. The van der Waals surface area contributed by atoms with Crippen molar-refractivity contribution in [2.45, 2.75) is 57.6 Å². The molecule has 1 amide bonds. The van der Waals surface area contributed by atoms with E-state index in [0.29, 0.717) is 18.1 Å². The highest BCUT2D eigenvalue weighted by molar-refractivity contribution is 6.06. The topological polar surface area (TPSA) is 69.0 Å². The average molecular weight is 328 g/mol. The second-order valence-corrected chi connectivity index (χ2v) is 7.72. The van der Waals surface area contributed by atoms with Crippen LogP contribution >= 0.6 is 0 Å². The normalized spacial score (nSPS) is 22.9. The van der Waals surface area contributed by atoms with Crippen molar-refractivity contribution in [2.24, 2.45) is 7.05 Å². The van der Waals surface area contributed by atoms with Crippen molar-refractivity contribution in [3.63, 3.8) is 0 Å². The summed E-state index contributed by atoms with van der Waals surface area (Å²) in [6.07, 6.45) is 3.14. The van der Waals surface area contributed by atoms with E-state index in [1.807, 2.05) is 20.0 Å². The van der Waals surface area contributed by atoms with Gasteiger partial charge in [0.05, 0.1) is 34.9 Å². The minimum atomic E-state index is -0.172. The van der Waals surface area contributed by atoms with Crippen LogP contribution in [0.4, 0.5) is 0 Å². The molecule has 2 fully saturated rings. The Balaban J connectivity index is 1.70. The first-order valence-corrected chi connectivity index (χ1v) is 8.63. The lowest BCUT2D eigenvalue weighted by Gasteiger charge is -2.16. The average Bonchev–Trinajstić information content (AvgIpc) is 3.25. The second-order valence-electron chi connectivity index (χ2n) is 7.72. The number of pyridine rings is 1. The molecule has 1 aliphatic carbocycles. The van der Waals surface area contributed by atoms with E-state index in [9.17, 15) is 4.79 Å². The highest BCUT2D eigenvalue weighted by atomic mass is 16.5. The van der Waals surface area contributed by atoms with Gasteiger partial charge in [0.2, 0.25) is 0 Å². The van der Waals surface area contributed by atoms with Gasteiger partial charge >= 0.3 is 0 Å². The van der Waals surface area contributed by atoms with Crippen LogP contribution in [0.25, 0.3) is 11.0 Å². The van der Waals surface area contributed by atoms with Crippen molar-refractivity contribution in [3.05, 3.63) is 23.0 Å². The summed E-state index contributed by atoms with van der Waals surface area (Å²) in [6.45, 7) is 6.61. The van der Waals surface area contributed by atoms with Gasteiger partial charge in [-0.15, -0.1) is 0 Å². The number of rotatable bonds is 3. The molecule has 0 aromatic carbocycles. The number of ether oxygens (including phenoxy) is 1. The predicted octanol–water partition coefficient (Wildman–Crippen LogP) is 2.45. The molecule has 1 unspecified atom stereocenters. The van der Waals surface area contributed by atoms with E-state index in [1.165, 1.54) is 0 Å². The van der Waals surface area contributed by atoms with E-state index in [-0.39, 0.29) is 17.6 Å². The summed E-state index contributed by atoms with van der Waals surface area (Å²) < 4.78 is 7.51. The molecule has 6 heteroatoms. The summed E-state index contributed by atoms with van der Waals surface area (Å²) in [6, 6.07) is 2.02. The molecule has 1 atom stereocenters. The predicted molar refractivity (Wildman–Crippen MR) is 91.1 cm³/mol. The van der Waals surface area contributed by atoms with E-state index < -0.39 is 0 Å². The maximum atomic E-state index is 13.0. The zero-order chi connectivity index (χ0) is 17.1. The zero-order valence-corrected chi connectivity index (χ0v) is 14.7. The van der Waals surface area contributed by atoms with Gasteiger partial charge in [0.25, 0.3) is 5.91 Å². The molecule has 2 aliphatic rings. The fourth-order valence-corrected chi connectivity index (χ4v) is 3.62. The second kappa shape index (κ2) is 5.28. The van der Waals surface area contributed by atoms with Gasteiger partial charge in [0.15, 0.2) is 5.65 Å². The van der Waals surface area contributed by atoms with Crippen LogP contribution < -0.4 is 5.32 Å². The van der Waals surface area contributed by atoms with Crippen LogP contribution in [-0.4, -0.2) is 38.9 Å². The molecule has 0 radical (unpaired) electrons. The molecule has 2 aromatic rings. The van der Waals surface area contributed by atoms with Crippen LogP contribution in [0.5, 0.6) is 0 Å². The minimum Gasteiger partial charge on any atom is -0.373 e. The molecule has 0 bridgehead atoms. The van der Waals surface area contributed by atoms with Crippen LogP contribution in [0.15, 0.2) is 6.07 Å². The van der Waals surface area contributed by atoms with E-state index in [1.54, 1.807) is 4.68 Å². The summed E-state index contributed by atoms with van der Waals surface area (Å²) in [4.78, 5) is 17.7. The van der Waals surface area contributed by atoms with Gasteiger partial charge in [-0.1, -0.05) is 0 Å². The zero-order valence-electron chi connectivity index (χ0n) is 14.7. The molecule has 128 valence electrons. The molecule has 4 rings (SSSR count). The first kappa shape index (κ1) is 15.6. The number of aromatic nitrogens is 3. The Morgan fingerprint density at radius 1 is 1.42 bits per heavy atom. The van der Waals surface area contributed by atoms with Gasteiger partial charge in [-0.25, -0.2) is 4.98 Å². The molecule has 0 spiro atoms. The molecule has 1 saturated carbocycles. The highest BCUT2D eigenvalue weighted by Crippen LogP contribution is 2.40.